The molecule has 0 fully saturated rings. The minimum absolute atomic E-state index is 0.123. The molecule has 0 aromatic heterocycles. The number of nitrogens with one attached hydrogen (secondary N) is 2. The van der Waals surface area contributed by atoms with E-state index in [1.54, 1.807) is 18.2 Å². The number of phenolic OH excluding ortho intramolecular Hbond substituents is 1. The van der Waals surface area contributed by atoms with Crippen molar-refractivity contribution in [2.45, 2.75) is 0 Å². The molecule has 0 unspecified atom stereocenters. The van der Waals surface area contributed by atoms with Crippen LogP contribution < -0.4 is 11.1 Å². The fraction of sp³-hybridized carbons (Fsp3) is 0. The topological polar surface area (TPSA) is 99.2 Å². The lowest BCUT2D eigenvalue weighted by molar-refractivity contribution is 0.0975. The van der Waals surface area contributed by atoms with Crippen molar-refractivity contribution < 1.29 is 9.90 Å². The number of benzene rings is 2. The lowest BCUT2D eigenvalue weighted by atomic mass is 10.0. The molecule has 5 heteroatoms. The highest BCUT2D eigenvalue weighted by Gasteiger charge is 2.15. The van der Waals surface area contributed by atoms with Crippen molar-refractivity contribution in [2.24, 2.45) is 5.73 Å². The van der Waals surface area contributed by atoms with Crippen LogP contribution in [0.5, 0.6) is 5.75 Å². The van der Waals surface area contributed by atoms with E-state index in [0.29, 0.717) is 5.39 Å². The number of fused-ring (bicyclic) bond motifs is 1. The second-order valence-electron chi connectivity index (χ2n) is 3.55. The summed E-state index contributed by atoms with van der Waals surface area (Å²) in [5, 5.41) is 20.3. The van der Waals surface area contributed by atoms with Crippen LogP contribution in [0.25, 0.3) is 10.8 Å². The molecule has 0 saturated carbocycles. The zero-order chi connectivity index (χ0) is 12.4. The first-order chi connectivity index (χ1) is 8.09. The molecule has 0 spiro atoms. The molecule has 17 heavy (non-hydrogen) atoms. The highest BCUT2D eigenvalue weighted by atomic mass is 16.3. The molecule has 0 atom stereocenters. The largest absolute Gasteiger partial charge is 0.507 e. The first-order valence-electron chi connectivity index (χ1n) is 4.95. The molecular weight excluding hydrogens is 218 g/mol. The van der Waals surface area contributed by atoms with Crippen molar-refractivity contribution in [1.29, 1.82) is 5.41 Å². The van der Waals surface area contributed by atoms with Crippen molar-refractivity contribution in [2.75, 3.05) is 0 Å². The van der Waals surface area contributed by atoms with Gasteiger partial charge in [-0.3, -0.25) is 15.5 Å². The number of rotatable bonds is 1. The maximum atomic E-state index is 11.8. The third-order valence-corrected chi connectivity index (χ3v) is 2.38. The standard InChI is InChI=1S/C12H11N3O2/c13-12(14)15-11(17)10-8-4-2-1-3-7(8)5-6-9(10)16/h1-6,16H,(H4,13,14,15,17). The van der Waals surface area contributed by atoms with Gasteiger partial charge in [0.1, 0.15) is 5.75 Å². The highest BCUT2D eigenvalue weighted by Crippen LogP contribution is 2.26. The van der Waals surface area contributed by atoms with E-state index in [0.717, 1.165) is 5.39 Å². The van der Waals surface area contributed by atoms with Gasteiger partial charge in [0.15, 0.2) is 5.96 Å². The molecule has 0 bridgehead atoms. The monoisotopic (exact) mass is 229 g/mol. The summed E-state index contributed by atoms with van der Waals surface area (Å²) in [6, 6.07) is 10.3. The number of guanidine groups is 1. The van der Waals surface area contributed by atoms with Crippen LogP contribution in [0.1, 0.15) is 10.4 Å². The normalized spacial score (nSPS) is 10.1. The molecule has 2 aromatic carbocycles. The summed E-state index contributed by atoms with van der Waals surface area (Å²) in [4.78, 5) is 11.8. The van der Waals surface area contributed by atoms with Gasteiger partial charge in [-0.1, -0.05) is 30.3 Å². The van der Waals surface area contributed by atoms with E-state index in [9.17, 15) is 9.90 Å². The van der Waals surface area contributed by atoms with E-state index in [1.807, 2.05) is 12.1 Å². The Morgan fingerprint density at radius 1 is 1.24 bits per heavy atom. The average Bonchev–Trinajstić information content (AvgIpc) is 2.27. The van der Waals surface area contributed by atoms with Crippen molar-refractivity contribution in [1.82, 2.24) is 5.32 Å². The van der Waals surface area contributed by atoms with Crippen LogP contribution in [0.2, 0.25) is 0 Å². The van der Waals surface area contributed by atoms with Gasteiger partial charge in [0.05, 0.1) is 5.56 Å². The number of carbonyl (C=O) groups excluding carboxylic acids is 1. The SMILES string of the molecule is N=C(N)NC(=O)c1c(O)ccc2ccccc12. The van der Waals surface area contributed by atoms with Crippen molar-refractivity contribution in [3.05, 3.63) is 42.0 Å². The summed E-state index contributed by atoms with van der Waals surface area (Å²) in [5.41, 5.74) is 5.22. The Kier molecular flexibility index (Phi) is 2.66. The zero-order valence-corrected chi connectivity index (χ0v) is 8.90. The van der Waals surface area contributed by atoms with Crippen LogP contribution in [-0.4, -0.2) is 17.0 Å². The van der Waals surface area contributed by atoms with Crippen LogP contribution in [0.15, 0.2) is 36.4 Å². The Hall–Kier alpha value is -2.56. The summed E-state index contributed by atoms with van der Waals surface area (Å²) in [6.07, 6.45) is 0. The molecule has 5 nitrogen and oxygen atoms in total. The highest BCUT2D eigenvalue weighted by molar-refractivity contribution is 6.13. The predicted octanol–water partition coefficient (Wildman–Crippen LogP) is 1.17. The maximum Gasteiger partial charge on any atom is 0.262 e. The maximum absolute atomic E-state index is 11.8. The van der Waals surface area contributed by atoms with Crippen molar-refractivity contribution in [3.8, 4) is 5.75 Å². The van der Waals surface area contributed by atoms with Crippen LogP contribution >= 0.6 is 0 Å². The van der Waals surface area contributed by atoms with Crippen LogP contribution in [0, 0.1) is 5.41 Å². The third kappa shape index (κ3) is 2.03. The summed E-state index contributed by atoms with van der Waals surface area (Å²) in [5.74, 6) is -1.18. The molecule has 0 aliphatic rings. The van der Waals surface area contributed by atoms with Gasteiger partial charge in [-0.05, 0) is 16.8 Å². The van der Waals surface area contributed by atoms with E-state index in [1.165, 1.54) is 6.07 Å². The molecule has 0 heterocycles. The van der Waals surface area contributed by atoms with Crippen molar-refractivity contribution in [3.63, 3.8) is 0 Å². The molecule has 1 amide bonds. The minimum atomic E-state index is -0.591. The van der Waals surface area contributed by atoms with Gasteiger partial charge in [0, 0.05) is 0 Å². The second kappa shape index (κ2) is 4.13. The molecule has 0 aliphatic carbocycles. The van der Waals surface area contributed by atoms with Gasteiger partial charge >= 0.3 is 0 Å². The molecule has 5 N–H and O–H groups in total. The summed E-state index contributed by atoms with van der Waals surface area (Å²) >= 11 is 0. The minimum Gasteiger partial charge on any atom is -0.507 e. The molecule has 0 aliphatic heterocycles. The van der Waals surface area contributed by atoms with Gasteiger partial charge in [-0.15, -0.1) is 0 Å². The fourth-order valence-corrected chi connectivity index (χ4v) is 1.68. The summed E-state index contributed by atoms with van der Waals surface area (Å²) < 4.78 is 0. The average molecular weight is 229 g/mol. The summed E-state index contributed by atoms with van der Waals surface area (Å²) in [6.45, 7) is 0. The van der Waals surface area contributed by atoms with Gasteiger partial charge < -0.3 is 10.8 Å². The number of amides is 1. The predicted molar refractivity (Wildman–Crippen MR) is 65.0 cm³/mol. The van der Waals surface area contributed by atoms with Gasteiger partial charge in [0.25, 0.3) is 5.91 Å². The second-order valence-corrected chi connectivity index (χ2v) is 3.55. The molecule has 2 aromatic rings. The Bertz CT molecular complexity index is 608. The number of aromatic hydroxyl groups is 1. The van der Waals surface area contributed by atoms with Gasteiger partial charge in [-0.25, -0.2) is 0 Å². The van der Waals surface area contributed by atoms with Crippen LogP contribution in [-0.2, 0) is 0 Å². The van der Waals surface area contributed by atoms with E-state index in [2.05, 4.69) is 5.32 Å². The Balaban J connectivity index is 2.62. The molecule has 0 radical (unpaired) electrons. The zero-order valence-electron chi connectivity index (χ0n) is 8.90. The number of nitrogens with two attached hydrogens (primary N) is 1. The first-order valence-corrected chi connectivity index (χ1v) is 4.95. The van der Waals surface area contributed by atoms with Gasteiger partial charge in [-0.2, -0.15) is 0 Å². The lowest BCUT2D eigenvalue weighted by Crippen LogP contribution is -2.35. The van der Waals surface area contributed by atoms with Gasteiger partial charge in [0.2, 0.25) is 0 Å². The van der Waals surface area contributed by atoms with Crippen LogP contribution in [0.4, 0.5) is 0 Å². The lowest BCUT2D eigenvalue weighted by Gasteiger charge is -2.08. The third-order valence-electron chi connectivity index (χ3n) is 2.38. The van der Waals surface area contributed by atoms with E-state index >= 15 is 0 Å². The van der Waals surface area contributed by atoms with E-state index in [-0.39, 0.29) is 11.3 Å². The molecular formula is C12H11N3O2. The number of phenols is 1. The molecule has 0 saturated heterocycles. The Labute approximate surface area is 97.4 Å². The van der Waals surface area contributed by atoms with Crippen LogP contribution in [0.3, 0.4) is 0 Å². The quantitative estimate of drug-likeness (QED) is 0.436. The number of hydrogen-bond donors (Lipinski definition) is 4. The van der Waals surface area contributed by atoms with Crippen molar-refractivity contribution >= 4 is 22.6 Å². The Morgan fingerprint density at radius 3 is 2.65 bits per heavy atom. The fourth-order valence-electron chi connectivity index (χ4n) is 1.68. The molecule has 2 rings (SSSR count). The first kappa shape index (κ1) is 10.9. The summed E-state index contributed by atoms with van der Waals surface area (Å²) in [7, 11) is 0. The Morgan fingerprint density at radius 2 is 1.94 bits per heavy atom. The molecule has 86 valence electrons. The van der Waals surface area contributed by atoms with E-state index < -0.39 is 11.9 Å². The smallest absolute Gasteiger partial charge is 0.262 e. The number of hydrogen-bond acceptors (Lipinski definition) is 3. The van der Waals surface area contributed by atoms with E-state index in [4.69, 9.17) is 11.1 Å². The number of carbonyl (C=O) groups is 1.